The van der Waals surface area contributed by atoms with Gasteiger partial charge in [-0.1, -0.05) is 13.8 Å². The van der Waals surface area contributed by atoms with Crippen molar-refractivity contribution in [3.63, 3.8) is 0 Å². The van der Waals surface area contributed by atoms with Crippen LogP contribution in [0.15, 0.2) is 54.1 Å². The van der Waals surface area contributed by atoms with Crippen molar-refractivity contribution in [2.24, 2.45) is 5.92 Å². The van der Waals surface area contributed by atoms with Gasteiger partial charge in [0.25, 0.3) is 17.4 Å². The van der Waals surface area contributed by atoms with Crippen molar-refractivity contribution in [1.82, 2.24) is 9.80 Å². The Balaban J connectivity index is 2.04. The maximum Gasteiger partial charge on any atom is 0.295 e. The van der Waals surface area contributed by atoms with E-state index < -0.39 is 22.7 Å². The second-order valence-corrected chi connectivity index (χ2v) is 8.87. The summed E-state index contributed by atoms with van der Waals surface area (Å²) in [5.74, 6) is -0.829. The van der Waals surface area contributed by atoms with Gasteiger partial charge in [0, 0.05) is 30.8 Å². The van der Waals surface area contributed by atoms with Gasteiger partial charge in [0.15, 0.2) is 0 Å². The molecule has 2 aromatic carbocycles. The summed E-state index contributed by atoms with van der Waals surface area (Å²) in [6.07, 6.45) is 0. The Morgan fingerprint density at radius 3 is 2.26 bits per heavy atom. The van der Waals surface area contributed by atoms with Crippen LogP contribution in [-0.2, 0) is 9.59 Å². The Morgan fingerprint density at radius 2 is 1.74 bits per heavy atom. The van der Waals surface area contributed by atoms with Gasteiger partial charge < -0.3 is 19.6 Å². The molecular formula is C25H29N3O6. The third-order valence-electron chi connectivity index (χ3n) is 5.46. The van der Waals surface area contributed by atoms with Gasteiger partial charge in [-0.05, 0) is 62.0 Å². The van der Waals surface area contributed by atoms with Crippen LogP contribution in [0.25, 0.3) is 5.76 Å². The van der Waals surface area contributed by atoms with E-state index in [1.807, 2.05) is 32.8 Å². The van der Waals surface area contributed by atoms with Crippen molar-refractivity contribution in [3.8, 4) is 5.75 Å². The second-order valence-electron chi connectivity index (χ2n) is 8.87. The van der Waals surface area contributed by atoms with Crippen molar-refractivity contribution in [1.29, 1.82) is 0 Å². The maximum absolute atomic E-state index is 13.0. The van der Waals surface area contributed by atoms with Crippen LogP contribution in [0.2, 0.25) is 0 Å². The van der Waals surface area contributed by atoms with Crippen LogP contribution in [0.4, 0.5) is 5.69 Å². The number of likely N-dealkylation sites (tertiary alicyclic amines) is 1. The molecule has 0 bridgehead atoms. The molecule has 0 unspecified atom stereocenters. The summed E-state index contributed by atoms with van der Waals surface area (Å²) in [5.41, 5.74) is 0.718. The minimum absolute atomic E-state index is 0.0477. The lowest BCUT2D eigenvalue weighted by Crippen LogP contribution is -2.35. The van der Waals surface area contributed by atoms with E-state index >= 15 is 0 Å². The van der Waals surface area contributed by atoms with E-state index in [-0.39, 0.29) is 23.6 Å². The molecule has 1 fully saturated rings. The molecule has 9 nitrogen and oxygen atoms in total. The van der Waals surface area contributed by atoms with Gasteiger partial charge >= 0.3 is 0 Å². The molecule has 1 aliphatic rings. The number of benzene rings is 2. The summed E-state index contributed by atoms with van der Waals surface area (Å²) in [6.45, 7) is 5.36. The van der Waals surface area contributed by atoms with Gasteiger partial charge in [-0.3, -0.25) is 19.7 Å². The quantitative estimate of drug-likeness (QED) is 0.197. The molecule has 0 saturated carbocycles. The Hall–Kier alpha value is -3.72. The highest BCUT2D eigenvalue weighted by atomic mass is 16.6. The molecule has 1 heterocycles. The highest BCUT2D eigenvalue weighted by Gasteiger charge is 2.46. The lowest BCUT2D eigenvalue weighted by molar-refractivity contribution is -0.384. The number of hydrogen-bond acceptors (Lipinski definition) is 7. The predicted molar refractivity (Wildman–Crippen MR) is 127 cm³/mol. The van der Waals surface area contributed by atoms with Crippen LogP contribution in [0.3, 0.4) is 0 Å². The lowest BCUT2D eigenvalue weighted by Gasteiger charge is -2.26. The Kier molecular flexibility index (Phi) is 7.68. The number of ketones is 1. The van der Waals surface area contributed by atoms with Crippen LogP contribution in [0.1, 0.15) is 31.0 Å². The molecule has 1 saturated heterocycles. The van der Waals surface area contributed by atoms with E-state index in [9.17, 15) is 24.8 Å². The number of Topliss-reactive ketones (excluding diaryl/α,β-unsaturated/α-hetero) is 1. The minimum Gasteiger partial charge on any atom is -0.507 e. The molecule has 180 valence electrons. The zero-order valence-corrected chi connectivity index (χ0v) is 19.7. The van der Waals surface area contributed by atoms with Gasteiger partial charge in [0.1, 0.15) is 11.5 Å². The monoisotopic (exact) mass is 467 g/mol. The van der Waals surface area contributed by atoms with Gasteiger partial charge in [-0.25, -0.2) is 0 Å². The number of amides is 1. The standard InChI is InChI=1S/C25H29N3O6/c1-16(2)15-34-20-11-7-18(8-12-20)23(29)21-22(17-5-9-19(10-6-17)28(32)33)27(14-13-26(3)4)25(31)24(21)30/h5-12,16,22,29H,13-15H2,1-4H3/t22-/m1/s1. The summed E-state index contributed by atoms with van der Waals surface area (Å²) in [7, 11) is 3.70. The number of hydrogen-bond donors (Lipinski definition) is 1. The number of rotatable bonds is 9. The summed E-state index contributed by atoms with van der Waals surface area (Å²) >= 11 is 0. The van der Waals surface area contributed by atoms with Gasteiger partial charge in [-0.2, -0.15) is 0 Å². The molecule has 0 aliphatic carbocycles. The van der Waals surface area contributed by atoms with E-state index in [4.69, 9.17) is 4.74 Å². The number of aliphatic hydroxyl groups is 1. The fourth-order valence-electron chi connectivity index (χ4n) is 3.67. The first-order valence-corrected chi connectivity index (χ1v) is 11.0. The number of ether oxygens (including phenoxy) is 1. The molecule has 0 spiro atoms. The Bertz CT molecular complexity index is 1090. The molecule has 34 heavy (non-hydrogen) atoms. The van der Waals surface area contributed by atoms with E-state index in [1.54, 1.807) is 24.3 Å². The van der Waals surface area contributed by atoms with Gasteiger partial charge in [-0.15, -0.1) is 0 Å². The van der Waals surface area contributed by atoms with Crippen LogP contribution >= 0.6 is 0 Å². The number of carbonyl (C=O) groups is 2. The third kappa shape index (κ3) is 5.43. The average Bonchev–Trinajstić information content (AvgIpc) is 3.06. The highest BCUT2D eigenvalue weighted by Crippen LogP contribution is 2.39. The molecule has 2 aromatic rings. The summed E-state index contributed by atoms with van der Waals surface area (Å²) in [5, 5.41) is 22.2. The maximum atomic E-state index is 13.0. The first-order chi connectivity index (χ1) is 16.1. The zero-order valence-electron chi connectivity index (χ0n) is 19.7. The van der Waals surface area contributed by atoms with Crippen molar-refractivity contribution in [3.05, 3.63) is 75.3 Å². The molecule has 3 rings (SSSR count). The highest BCUT2D eigenvalue weighted by molar-refractivity contribution is 6.46. The summed E-state index contributed by atoms with van der Waals surface area (Å²) in [6, 6.07) is 11.4. The average molecular weight is 468 g/mol. The molecule has 1 N–H and O–H groups in total. The van der Waals surface area contributed by atoms with E-state index in [0.717, 1.165) is 0 Å². The molecule has 9 heteroatoms. The van der Waals surface area contributed by atoms with E-state index in [0.29, 0.717) is 35.9 Å². The number of nitro benzene ring substituents is 1. The fourth-order valence-corrected chi connectivity index (χ4v) is 3.67. The number of nitro groups is 1. The fraction of sp³-hybridized carbons (Fsp3) is 0.360. The van der Waals surface area contributed by atoms with Crippen molar-refractivity contribution in [2.75, 3.05) is 33.8 Å². The summed E-state index contributed by atoms with van der Waals surface area (Å²) in [4.78, 5) is 39.8. The predicted octanol–water partition coefficient (Wildman–Crippen LogP) is 3.61. The van der Waals surface area contributed by atoms with Crippen molar-refractivity contribution < 1.29 is 24.4 Å². The van der Waals surface area contributed by atoms with Crippen molar-refractivity contribution >= 4 is 23.1 Å². The lowest BCUT2D eigenvalue weighted by atomic mass is 9.95. The largest absolute Gasteiger partial charge is 0.507 e. The van der Waals surface area contributed by atoms with Crippen LogP contribution in [-0.4, -0.2) is 65.3 Å². The molecule has 1 amide bonds. The number of carbonyl (C=O) groups excluding carboxylic acids is 2. The Labute approximate surface area is 198 Å². The van der Waals surface area contributed by atoms with Crippen LogP contribution < -0.4 is 4.74 Å². The first-order valence-electron chi connectivity index (χ1n) is 11.0. The van der Waals surface area contributed by atoms with Crippen LogP contribution in [0.5, 0.6) is 5.75 Å². The van der Waals surface area contributed by atoms with E-state index in [1.165, 1.54) is 29.2 Å². The number of nitrogens with zero attached hydrogens (tertiary/aromatic N) is 3. The SMILES string of the molecule is CC(C)COc1ccc(C(O)=C2C(=O)C(=O)N(CCN(C)C)[C@@H]2c2ccc([N+](=O)[O-])cc2)cc1. The topological polar surface area (TPSA) is 113 Å². The number of non-ortho nitro benzene ring substituents is 1. The van der Waals surface area contributed by atoms with Crippen molar-refractivity contribution in [2.45, 2.75) is 19.9 Å². The third-order valence-corrected chi connectivity index (χ3v) is 5.46. The molecular weight excluding hydrogens is 438 g/mol. The molecule has 0 radical (unpaired) electrons. The van der Waals surface area contributed by atoms with Gasteiger partial charge in [0.05, 0.1) is 23.1 Å². The number of aliphatic hydroxyl groups excluding tert-OH is 1. The summed E-state index contributed by atoms with van der Waals surface area (Å²) < 4.78 is 5.67. The second kappa shape index (κ2) is 10.5. The Morgan fingerprint density at radius 1 is 1.12 bits per heavy atom. The van der Waals surface area contributed by atoms with Gasteiger partial charge in [0.2, 0.25) is 0 Å². The van der Waals surface area contributed by atoms with E-state index in [2.05, 4.69) is 0 Å². The molecule has 1 atom stereocenters. The van der Waals surface area contributed by atoms with Crippen LogP contribution in [0, 0.1) is 16.0 Å². The molecule has 1 aliphatic heterocycles. The zero-order chi connectivity index (χ0) is 25.0. The molecule has 0 aromatic heterocycles. The smallest absolute Gasteiger partial charge is 0.295 e. The normalized spacial score (nSPS) is 17.6. The first kappa shape index (κ1) is 24.9. The minimum atomic E-state index is -0.863. The number of likely N-dealkylation sites (N-methyl/N-ethyl adjacent to an activating group) is 1.